The Morgan fingerprint density at radius 3 is 1.92 bits per heavy atom. The topological polar surface area (TPSA) is 0 Å². The molecule has 0 saturated carbocycles. The molecule has 0 radical (unpaired) electrons. The van der Waals surface area contributed by atoms with Crippen molar-refractivity contribution in [2.45, 2.75) is 16.5 Å². The van der Waals surface area contributed by atoms with Crippen LogP contribution in [0.1, 0.15) is 17.1 Å². The molecule has 1 heteroatoms. The summed E-state index contributed by atoms with van der Waals surface area (Å²) in [6, 6.07) is 0. The van der Waals surface area contributed by atoms with Crippen molar-refractivity contribution in [2.75, 3.05) is 0 Å². The number of hydrogen-bond donors (Lipinski definition) is 0. The zero-order valence-electron chi connectivity index (χ0n) is 9.96. The Balaban J connectivity index is 0. The van der Waals surface area contributed by atoms with Gasteiger partial charge < -0.3 is 4.28 Å². The fourth-order valence-corrected chi connectivity index (χ4v) is 3.13. The summed E-state index contributed by atoms with van der Waals surface area (Å²) in [5, 5.41) is 0. The molecule has 0 bridgehead atoms. The molecule has 0 spiro atoms. The van der Waals surface area contributed by atoms with Crippen LogP contribution < -0.4 is 0 Å². The summed E-state index contributed by atoms with van der Waals surface area (Å²) < 4.78 is 0.787. The van der Waals surface area contributed by atoms with Gasteiger partial charge in [0.05, 0.1) is 0 Å². The summed E-state index contributed by atoms with van der Waals surface area (Å²) in [5.41, 5.74) is 3.24. The van der Waals surface area contributed by atoms with E-state index in [1.54, 1.807) is 11.1 Å². The molecule has 0 unspecified atom stereocenters. The molecule has 2 aliphatic rings. The fourth-order valence-electron chi connectivity index (χ4n) is 1.59. The zero-order chi connectivity index (χ0) is 8.39. The third-order valence-corrected chi connectivity index (χ3v) is 5.01. The maximum atomic E-state index is 2.29. The van der Waals surface area contributed by atoms with Crippen LogP contribution in [0, 0.1) is 0 Å². The van der Waals surface area contributed by atoms with E-state index in [0.717, 1.165) is 3.67 Å². The van der Waals surface area contributed by atoms with Crippen LogP contribution in [-0.2, 0) is 24.4 Å². The molecule has 0 nitrogen and oxygen atoms in total. The number of allylic oxidation sites excluding steroid dienone is 8. The van der Waals surface area contributed by atoms with Crippen molar-refractivity contribution in [3.05, 3.63) is 47.6 Å². The van der Waals surface area contributed by atoms with Crippen LogP contribution >= 0.6 is 0 Å². The van der Waals surface area contributed by atoms with Crippen LogP contribution in [0.2, 0.25) is 3.67 Å². The summed E-state index contributed by atoms with van der Waals surface area (Å²) in [7, 11) is 0. The molecule has 0 aliphatic heterocycles. The predicted molar refractivity (Wildman–Crippen MR) is 50.8 cm³/mol. The van der Waals surface area contributed by atoms with Gasteiger partial charge in [-0.2, -0.15) is 0 Å². The van der Waals surface area contributed by atoms with Crippen molar-refractivity contribution in [1.82, 2.24) is 0 Å². The average Bonchev–Trinajstić information content (AvgIpc) is 2.77. The van der Waals surface area contributed by atoms with Crippen LogP contribution in [0.15, 0.2) is 47.6 Å². The van der Waals surface area contributed by atoms with E-state index in [1.807, 2.05) is 0 Å². The van der Waals surface area contributed by atoms with Gasteiger partial charge in [-0.3, -0.25) is 0 Å². The minimum atomic E-state index is 0. The van der Waals surface area contributed by atoms with Crippen molar-refractivity contribution < 1.29 is 28.7 Å². The van der Waals surface area contributed by atoms with Gasteiger partial charge in [0.15, 0.2) is 0 Å². The molecule has 62 valence electrons. The molecule has 0 atom stereocenters. The van der Waals surface area contributed by atoms with Crippen LogP contribution in [0.25, 0.3) is 0 Å². The third kappa shape index (κ3) is 1.61. The summed E-state index contributed by atoms with van der Waals surface area (Å²) in [4.78, 5) is 0. The van der Waals surface area contributed by atoms with Crippen LogP contribution in [0.5, 0.6) is 0 Å². The molecular formula is C11H14Hf. The first-order chi connectivity index (χ1) is 5.88. The molecule has 0 N–H and O–H groups in total. The second-order valence-corrected chi connectivity index (χ2v) is 5.25. The Kier molecular flexibility index (Phi) is 2.60. The van der Waals surface area contributed by atoms with E-state index < -0.39 is 0 Å². The maximum absolute atomic E-state index is 2.29. The van der Waals surface area contributed by atoms with E-state index in [0.29, 0.717) is 0 Å². The summed E-state index contributed by atoms with van der Waals surface area (Å²) >= 11 is 1.26. The van der Waals surface area contributed by atoms with Crippen molar-refractivity contribution in [1.29, 1.82) is 0 Å². The van der Waals surface area contributed by atoms with E-state index >= 15 is 0 Å². The average molecular weight is 325 g/mol. The van der Waals surface area contributed by atoms with Crippen LogP contribution in [0.3, 0.4) is 0 Å². The molecule has 0 fully saturated rings. The summed E-state index contributed by atoms with van der Waals surface area (Å²) in [5.74, 6) is 0. The van der Waals surface area contributed by atoms with Gasteiger partial charge in [-0.05, 0) is 0 Å². The van der Waals surface area contributed by atoms with Gasteiger partial charge in [0.1, 0.15) is 0 Å². The molecule has 12 heavy (non-hydrogen) atoms. The first kappa shape index (κ1) is 8.43. The van der Waals surface area contributed by atoms with Gasteiger partial charge in [-0.15, -0.1) is 0 Å². The van der Waals surface area contributed by atoms with E-state index in [4.69, 9.17) is 0 Å². The predicted octanol–water partition coefficient (Wildman–Crippen LogP) is 3.43. The zero-order valence-corrected chi connectivity index (χ0v) is 10.5. The van der Waals surface area contributed by atoms with Gasteiger partial charge >= 0.3 is 88.5 Å². The van der Waals surface area contributed by atoms with E-state index in [9.17, 15) is 0 Å². The molecule has 0 amide bonds. The van der Waals surface area contributed by atoms with E-state index in [1.165, 1.54) is 37.2 Å². The first-order valence-electron chi connectivity index (χ1n) is 4.30. The second kappa shape index (κ2) is 3.69. The second-order valence-electron chi connectivity index (χ2n) is 3.18. The Hall–Kier alpha value is -0.170. The molecule has 2 aliphatic carbocycles. The van der Waals surface area contributed by atoms with Crippen LogP contribution in [-0.4, -0.2) is 0 Å². The summed E-state index contributed by atoms with van der Waals surface area (Å²) in [6.07, 6.45) is 15.8. The number of rotatable bonds is 2. The van der Waals surface area contributed by atoms with Crippen LogP contribution in [0.4, 0.5) is 0 Å². The molecule has 0 saturated heterocycles. The quantitative estimate of drug-likeness (QED) is 0.683. The molecule has 0 aromatic carbocycles. The Morgan fingerprint density at radius 2 is 1.58 bits per heavy atom. The first-order valence-corrected chi connectivity index (χ1v) is 6.37. The fraction of sp³-hybridized carbons (Fsp3) is 0.273. The Morgan fingerprint density at radius 1 is 1.08 bits per heavy atom. The minimum absolute atomic E-state index is 0. The Bertz CT molecular complexity index is 273. The molecule has 2 rings (SSSR count). The molecule has 0 aromatic heterocycles. The monoisotopic (exact) mass is 326 g/mol. The SMILES string of the molecule is [H-].[H-].[H-].[Hf+3][CH](C1=CC=CC1)C1=CC=CC1. The van der Waals surface area contributed by atoms with Gasteiger partial charge in [0.25, 0.3) is 0 Å². The molecule has 0 aromatic rings. The third-order valence-electron chi connectivity index (χ3n) is 2.34. The van der Waals surface area contributed by atoms with Crippen molar-refractivity contribution in [3.63, 3.8) is 0 Å². The normalized spacial score (nSPS) is 20.6. The van der Waals surface area contributed by atoms with Gasteiger partial charge in [-0.1, -0.05) is 0 Å². The van der Waals surface area contributed by atoms with Crippen molar-refractivity contribution >= 4 is 0 Å². The van der Waals surface area contributed by atoms with Gasteiger partial charge in [0.2, 0.25) is 0 Å². The molecule has 0 heterocycles. The van der Waals surface area contributed by atoms with Gasteiger partial charge in [-0.25, -0.2) is 0 Å². The standard InChI is InChI=1S/C11H11.Hf.3H/c1-2-6-10(5-1)9-11-7-3-4-8-11;;;;/h1-5,7,9H,6,8H2;;;;/q;+3;3*-1. The van der Waals surface area contributed by atoms with E-state index in [-0.39, 0.29) is 4.28 Å². The van der Waals surface area contributed by atoms with Crippen molar-refractivity contribution in [3.8, 4) is 0 Å². The van der Waals surface area contributed by atoms with Gasteiger partial charge in [0, 0.05) is 0 Å². The number of hydrogen-bond acceptors (Lipinski definition) is 0. The van der Waals surface area contributed by atoms with E-state index in [2.05, 4.69) is 36.5 Å². The van der Waals surface area contributed by atoms with Crippen molar-refractivity contribution in [2.24, 2.45) is 0 Å². The summed E-state index contributed by atoms with van der Waals surface area (Å²) in [6.45, 7) is 0. The Labute approximate surface area is 92.8 Å². The molecular weight excluding hydrogens is 311 g/mol.